The van der Waals surface area contributed by atoms with Crippen LogP contribution in [-0.4, -0.2) is 6.04 Å². The number of benzene rings is 2. The number of hydrogen-bond donors (Lipinski definition) is 1. The Bertz CT molecular complexity index is 612. The van der Waals surface area contributed by atoms with Gasteiger partial charge in [0.05, 0.1) is 0 Å². The van der Waals surface area contributed by atoms with Gasteiger partial charge in [0.1, 0.15) is 0 Å². The molecule has 1 aliphatic rings. The summed E-state index contributed by atoms with van der Waals surface area (Å²) in [4.78, 5) is 0. The van der Waals surface area contributed by atoms with E-state index in [0.29, 0.717) is 17.0 Å². The molecule has 0 saturated heterocycles. The van der Waals surface area contributed by atoms with Gasteiger partial charge in [-0.05, 0) is 36.1 Å². The van der Waals surface area contributed by atoms with Gasteiger partial charge in [-0.2, -0.15) is 0 Å². The van der Waals surface area contributed by atoms with Crippen molar-refractivity contribution in [2.75, 3.05) is 0 Å². The highest BCUT2D eigenvalue weighted by Crippen LogP contribution is 2.42. The molecule has 0 radical (unpaired) electrons. The van der Waals surface area contributed by atoms with Gasteiger partial charge in [-0.3, -0.25) is 0 Å². The summed E-state index contributed by atoms with van der Waals surface area (Å²) in [6.45, 7) is 2.18. The van der Waals surface area contributed by atoms with Gasteiger partial charge in [-0.15, -0.1) is 0 Å². The predicted octanol–water partition coefficient (Wildman–Crippen LogP) is 5.59. The highest BCUT2D eigenvalue weighted by Gasteiger charge is 2.39. The normalized spacial score (nSPS) is 22.0. The molecule has 0 aromatic heterocycles. The minimum Gasteiger partial charge on any atom is -0.306 e. The summed E-state index contributed by atoms with van der Waals surface area (Å²) in [5.41, 5.74) is 2.56. The van der Waals surface area contributed by atoms with E-state index in [1.165, 1.54) is 12.0 Å². The minimum atomic E-state index is 0.286. The molecule has 1 N–H and O–H groups in total. The molecule has 3 unspecified atom stereocenters. The van der Waals surface area contributed by atoms with E-state index >= 15 is 0 Å². The van der Waals surface area contributed by atoms with Crippen LogP contribution in [-0.2, 0) is 0 Å². The molecule has 0 heterocycles. The van der Waals surface area contributed by atoms with Gasteiger partial charge < -0.3 is 5.32 Å². The number of nitrogens with one attached hydrogen (secondary N) is 1. The van der Waals surface area contributed by atoms with E-state index < -0.39 is 0 Å². The van der Waals surface area contributed by atoms with Gasteiger partial charge in [0.15, 0.2) is 0 Å². The molecule has 1 nitrogen and oxygen atoms in total. The Morgan fingerprint density at radius 2 is 1.90 bits per heavy atom. The van der Waals surface area contributed by atoms with Crippen LogP contribution in [0.3, 0.4) is 0 Å². The fourth-order valence-electron chi connectivity index (χ4n) is 2.92. The highest BCUT2D eigenvalue weighted by atomic mass is 35.5. The molecular weight excluding hydrogens is 301 g/mol. The van der Waals surface area contributed by atoms with Crippen molar-refractivity contribution < 1.29 is 0 Å². The second-order valence-electron chi connectivity index (χ2n) is 5.65. The van der Waals surface area contributed by atoms with Crippen LogP contribution in [0.2, 0.25) is 10.0 Å². The summed E-state index contributed by atoms with van der Waals surface area (Å²) in [6.07, 6.45) is 2.21. The lowest BCUT2D eigenvalue weighted by atomic mass is 10.0. The van der Waals surface area contributed by atoms with E-state index in [-0.39, 0.29) is 6.04 Å². The third-order valence-corrected chi connectivity index (χ3v) is 4.74. The Hall–Kier alpha value is -1.02. The van der Waals surface area contributed by atoms with Crippen LogP contribution < -0.4 is 5.32 Å². The predicted molar refractivity (Wildman–Crippen MR) is 90.2 cm³/mol. The molecule has 0 spiro atoms. The maximum Gasteiger partial charge on any atom is 0.0468 e. The number of rotatable bonds is 5. The molecule has 1 fully saturated rings. The fourth-order valence-corrected chi connectivity index (χ4v) is 3.46. The zero-order chi connectivity index (χ0) is 14.8. The fraction of sp³-hybridized carbons (Fsp3) is 0.333. The van der Waals surface area contributed by atoms with Crippen molar-refractivity contribution in [3.8, 4) is 0 Å². The van der Waals surface area contributed by atoms with E-state index in [0.717, 1.165) is 17.0 Å². The lowest BCUT2D eigenvalue weighted by molar-refractivity contribution is 0.510. The average Bonchev–Trinajstić information content (AvgIpc) is 3.26. The van der Waals surface area contributed by atoms with E-state index in [1.807, 2.05) is 18.2 Å². The minimum absolute atomic E-state index is 0.286. The maximum absolute atomic E-state index is 6.34. The Labute approximate surface area is 136 Å². The van der Waals surface area contributed by atoms with Crippen molar-refractivity contribution in [2.45, 2.75) is 37.8 Å². The third-order valence-electron chi connectivity index (χ3n) is 4.18. The summed E-state index contributed by atoms with van der Waals surface area (Å²) in [5.74, 6) is 0.631. The van der Waals surface area contributed by atoms with Gasteiger partial charge in [0.25, 0.3) is 0 Å². The Morgan fingerprint density at radius 3 is 2.57 bits per heavy atom. The summed E-state index contributed by atoms with van der Waals surface area (Å²) in [6, 6.07) is 17.3. The van der Waals surface area contributed by atoms with Crippen molar-refractivity contribution in [3.63, 3.8) is 0 Å². The largest absolute Gasteiger partial charge is 0.306 e. The first kappa shape index (κ1) is 14.9. The van der Waals surface area contributed by atoms with Crippen LogP contribution in [0.25, 0.3) is 0 Å². The zero-order valence-corrected chi connectivity index (χ0v) is 13.5. The van der Waals surface area contributed by atoms with Crippen molar-refractivity contribution >= 4 is 23.2 Å². The molecule has 0 amide bonds. The third kappa shape index (κ3) is 3.42. The first-order chi connectivity index (χ1) is 10.2. The summed E-state index contributed by atoms with van der Waals surface area (Å²) < 4.78 is 0. The van der Waals surface area contributed by atoms with E-state index in [9.17, 15) is 0 Å². The van der Waals surface area contributed by atoms with Crippen LogP contribution in [0.5, 0.6) is 0 Å². The van der Waals surface area contributed by atoms with E-state index in [2.05, 4.69) is 42.6 Å². The Morgan fingerprint density at radius 1 is 1.14 bits per heavy atom. The lowest BCUT2D eigenvalue weighted by Gasteiger charge is -2.19. The van der Waals surface area contributed by atoms with Crippen LogP contribution in [0.15, 0.2) is 48.5 Å². The molecule has 3 atom stereocenters. The quantitative estimate of drug-likeness (QED) is 0.757. The first-order valence-electron chi connectivity index (χ1n) is 7.45. The molecule has 0 bridgehead atoms. The van der Waals surface area contributed by atoms with Gasteiger partial charge in [-0.25, -0.2) is 0 Å². The van der Waals surface area contributed by atoms with Crippen molar-refractivity contribution in [3.05, 3.63) is 69.7 Å². The molecule has 2 aromatic rings. The standard InChI is InChI=1S/C18H19Cl2N/c1-2-17(14-9-8-13(19)10-16(14)20)21-18-11-15(18)12-6-4-3-5-7-12/h3-10,15,17-18,21H,2,11H2,1H3. The van der Waals surface area contributed by atoms with E-state index in [4.69, 9.17) is 23.2 Å². The molecule has 1 saturated carbocycles. The topological polar surface area (TPSA) is 12.0 Å². The Balaban J connectivity index is 1.69. The molecule has 2 aromatic carbocycles. The second-order valence-corrected chi connectivity index (χ2v) is 6.50. The van der Waals surface area contributed by atoms with Crippen LogP contribution >= 0.6 is 23.2 Å². The molecule has 0 aliphatic heterocycles. The van der Waals surface area contributed by atoms with Crippen LogP contribution in [0.4, 0.5) is 0 Å². The van der Waals surface area contributed by atoms with Crippen molar-refractivity contribution in [2.24, 2.45) is 0 Å². The average molecular weight is 320 g/mol. The number of halogens is 2. The van der Waals surface area contributed by atoms with Gasteiger partial charge in [0, 0.05) is 28.0 Å². The van der Waals surface area contributed by atoms with Crippen LogP contribution in [0, 0.1) is 0 Å². The molecule has 110 valence electrons. The van der Waals surface area contributed by atoms with Crippen molar-refractivity contribution in [1.82, 2.24) is 5.32 Å². The number of hydrogen-bond acceptors (Lipinski definition) is 1. The molecule has 21 heavy (non-hydrogen) atoms. The maximum atomic E-state index is 6.34. The molecule has 1 aliphatic carbocycles. The summed E-state index contributed by atoms with van der Waals surface area (Å²) in [7, 11) is 0. The molecular formula is C18H19Cl2N. The molecule has 3 heteroatoms. The van der Waals surface area contributed by atoms with Crippen molar-refractivity contribution in [1.29, 1.82) is 0 Å². The van der Waals surface area contributed by atoms with Gasteiger partial charge in [-0.1, -0.05) is 66.5 Å². The summed E-state index contributed by atoms with van der Waals surface area (Å²) >= 11 is 12.3. The summed E-state index contributed by atoms with van der Waals surface area (Å²) in [5, 5.41) is 5.17. The zero-order valence-electron chi connectivity index (χ0n) is 12.0. The molecule has 3 rings (SSSR count). The smallest absolute Gasteiger partial charge is 0.0468 e. The highest BCUT2D eigenvalue weighted by molar-refractivity contribution is 6.35. The van der Waals surface area contributed by atoms with Gasteiger partial charge >= 0.3 is 0 Å². The van der Waals surface area contributed by atoms with E-state index in [1.54, 1.807) is 0 Å². The first-order valence-corrected chi connectivity index (χ1v) is 8.20. The monoisotopic (exact) mass is 319 g/mol. The SMILES string of the molecule is CCC(NC1CC1c1ccccc1)c1ccc(Cl)cc1Cl. The van der Waals surface area contributed by atoms with Gasteiger partial charge in [0.2, 0.25) is 0 Å². The van der Waals surface area contributed by atoms with Crippen LogP contribution in [0.1, 0.15) is 42.9 Å². The second kappa shape index (κ2) is 6.39. The Kier molecular flexibility index (Phi) is 4.54. The lowest BCUT2D eigenvalue weighted by Crippen LogP contribution is -2.24.